The van der Waals surface area contributed by atoms with Gasteiger partial charge in [0.05, 0.1) is 16.4 Å². The average molecular weight is 355 g/mol. The minimum atomic E-state index is -0.345. The molecule has 0 saturated heterocycles. The third-order valence-corrected chi connectivity index (χ3v) is 3.12. The molecule has 21 heavy (non-hydrogen) atoms. The first-order valence-electron chi connectivity index (χ1n) is 6.23. The van der Waals surface area contributed by atoms with Crippen molar-refractivity contribution in [2.75, 3.05) is 12.4 Å². The number of carbonyl (C=O) groups is 2. The van der Waals surface area contributed by atoms with E-state index in [2.05, 4.69) is 36.8 Å². The number of nitrogens with zero attached hydrogens (tertiary/aromatic N) is 4. The van der Waals surface area contributed by atoms with Crippen LogP contribution < -0.4 is 10.6 Å². The molecule has 0 spiro atoms. The SMILES string of the molecule is CNC(=O)c1nn(C)cc1NC(=O)CCn1cc(Br)cn1. The molecule has 2 N–H and O–H groups in total. The largest absolute Gasteiger partial charge is 0.354 e. The van der Waals surface area contributed by atoms with Gasteiger partial charge in [0.1, 0.15) is 0 Å². The quantitative estimate of drug-likeness (QED) is 0.828. The highest BCUT2D eigenvalue weighted by Gasteiger charge is 2.16. The van der Waals surface area contributed by atoms with Crippen molar-refractivity contribution < 1.29 is 9.59 Å². The number of aryl methyl sites for hydroxylation is 2. The second-order valence-corrected chi connectivity index (χ2v) is 5.28. The fraction of sp³-hybridized carbons (Fsp3) is 0.333. The molecule has 2 aromatic heterocycles. The van der Waals surface area contributed by atoms with E-state index in [0.717, 1.165) is 4.47 Å². The highest BCUT2D eigenvalue weighted by atomic mass is 79.9. The average Bonchev–Trinajstić information content (AvgIpc) is 3.01. The molecule has 2 heterocycles. The molecule has 2 aromatic rings. The van der Waals surface area contributed by atoms with Gasteiger partial charge in [-0.3, -0.25) is 19.0 Å². The van der Waals surface area contributed by atoms with Gasteiger partial charge >= 0.3 is 0 Å². The Kier molecular flexibility index (Phi) is 4.73. The number of carbonyl (C=O) groups excluding carboxylic acids is 2. The molecule has 0 aliphatic rings. The van der Waals surface area contributed by atoms with Crippen LogP contribution in [0.4, 0.5) is 5.69 Å². The molecule has 0 aliphatic heterocycles. The van der Waals surface area contributed by atoms with E-state index in [9.17, 15) is 9.59 Å². The molecule has 112 valence electrons. The van der Waals surface area contributed by atoms with Crippen molar-refractivity contribution >= 4 is 33.4 Å². The standard InChI is InChI=1S/C12H15BrN6O2/c1-14-12(21)11-9(7-18(2)17-11)16-10(20)3-4-19-6-8(13)5-15-19/h5-7H,3-4H2,1-2H3,(H,14,21)(H,16,20). The first-order chi connectivity index (χ1) is 9.99. The lowest BCUT2D eigenvalue weighted by Crippen LogP contribution is -2.22. The highest BCUT2D eigenvalue weighted by Crippen LogP contribution is 2.13. The number of hydrogen-bond acceptors (Lipinski definition) is 4. The van der Waals surface area contributed by atoms with E-state index in [-0.39, 0.29) is 23.9 Å². The summed E-state index contributed by atoms with van der Waals surface area (Å²) < 4.78 is 3.99. The first-order valence-corrected chi connectivity index (χ1v) is 7.02. The third kappa shape index (κ3) is 3.91. The summed E-state index contributed by atoms with van der Waals surface area (Å²) >= 11 is 3.29. The van der Waals surface area contributed by atoms with Crippen LogP contribution in [0.2, 0.25) is 0 Å². The van der Waals surface area contributed by atoms with Gasteiger partial charge in [-0.15, -0.1) is 0 Å². The zero-order valence-corrected chi connectivity index (χ0v) is 13.2. The van der Waals surface area contributed by atoms with Gasteiger partial charge in [-0.25, -0.2) is 0 Å². The van der Waals surface area contributed by atoms with Crippen molar-refractivity contribution in [2.45, 2.75) is 13.0 Å². The molecular formula is C12H15BrN6O2. The molecular weight excluding hydrogens is 340 g/mol. The second-order valence-electron chi connectivity index (χ2n) is 4.36. The fourth-order valence-corrected chi connectivity index (χ4v) is 2.08. The minimum Gasteiger partial charge on any atom is -0.354 e. The van der Waals surface area contributed by atoms with Crippen LogP contribution >= 0.6 is 15.9 Å². The number of hydrogen-bond donors (Lipinski definition) is 2. The fourth-order valence-electron chi connectivity index (χ4n) is 1.76. The smallest absolute Gasteiger partial charge is 0.273 e. The summed E-state index contributed by atoms with van der Waals surface area (Å²) in [5.74, 6) is -0.554. The van der Waals surface area contributed by atoms with Crippen LogP contribution in [0, 0.1) is 0 Å². The lowest BCUT2D eigenvalue weighted by Gasteiger charge is -2.05. The topological polar surface area (TPSA) is 93.8 Å². The zero-order chi connectivity index (χ0) is 15.4. The number of rotatable bonds is 5. The van der Waals surface area contributed by atoms with Crippen LogP contribution in [0.1, 0.15) is 16.9 Å². The van der Waals surface area contributed by atoms with E-state index in [0.29, 0.717) is 12.2 Å². The molecule has 0 aliphatic carbocycles. The Morgan fingerprint density at radius 1 is 1.38 bits per heavy atom. The molecule has 0 bridgehead atoms. The Balaban J connectivity index is 1.98. The van der Waals surface area contributed by atoms with Gasteiger partial charge in [0, 0.05) is 39.5 Å². The van der Waals surface area contributed by atoms with Crippen molar-refractivity contribution in [3.8, 4) is 0 Å². The van der Waals surface area contributed by atoms with Crippen molar-refractivity contribution in [1.82, 2.24) is 24.9 Å². The summed E-state index contributed by atoms with van der Waals surface area (Å²) in [6, 6.07) is 0. The van der Waals surface area contributed by atoms with Crippen LogP contribution in [0.25, 0.3) is 0 Å². The van der Waals surface area contributed by atoms with Crippen molar-refractivity contribution in [3.05, 3.63) is 28.8 Å². The zero-order valence-electron chi connectivity index (χ0n) is 11.6. The van der Waals surface area contributed by atoms with Crippen LogP contribution in [0.5, 0.6) is 0 Å². The molecule has 9 heteroatoms. The monoisotopic (exact) mass is 354 g/mol. The molecule has 8 nitrogen and oxygen atoms in total. The van der Waals surface area contributed by atoms with Gasteiger partial charge in [-0.05, 0) is 15.9 Å². The summed E-state index contributed by atoms with van der Waals surface area (Å²) in [5, 5.41) is 13.3. The van der Waals surface area contributed by atoms with Gasteiger partial charge < -0.3 is 10.6 Å². The molecule has 0 atom stereocenters. The summed E-state index contributed by atoms with van der Waals surface area (Å²) in [4.78, 5) is 23.6. The van der Waals surface area contributed by atoms with Gasteiger partial charge in [0.25, 0.3) is 5.91 Å². The maximum Gasteiger partial charge on any atom is 0.273 e. The minimum absolute atomic E-state index is 0.190. The normalized spacial score (nSPS) is 10.4. The summed E-state index contributed by atoms with van der Waals surface area (Å²) in [6.45, 7) is 0.451. The Morgan fingerprint density at radius 3 is 2.76 bits per heavy atom. The molecule has 0 aromatic carbocycles. The van der Waals surface area contributed by atoms with E-state index >= 15 is 0 Å². The van der Waals surface area contributed by atoms with Crippen LogP contribution in [0.3, 0.4) is 0 Å². The maximum atomic E-state index is 11.9. The Hall–Kier alpha value is -2.16. The molecule has 0 radical (unpaired) electrons. The second kappa shape index (κ2) is 6.53. The van der Waals surface area contributed by atoms with Crippen molar-refractivity contribution in [3.63, 3.8) is 0 Å². The molecule has 2 amide bonds. The molecule has 0 fully saturated rings. The van der Waals surface area contributed by atoms with Crippen molar-refractivity contribution in [1.29, 1.82) is 0 Å². The summed E-state index contributed by atoms with van der Waals surface area (Å²) in [6.07, 6.45) is 5.28. The Bertz CT molecular complexity index is 663. The molecule has 0 unspecified atom stereocenters. The number of aromatic nitrogens is 4. The lowest BCUT2D eigenvalue weighted by atomic mass is 10.3. The van der Waals surface area contributed by atoms with Crippen LogP contribution in [0.15, 0.2) is 23.1 Å². The summed E-state index contributed by atoms with van der Waals surface area (Å²) in [5.41, 5.74) is 0.582. The molecule has 2 rings (SSSR count). The Morgan fingerprint density at radius 2 is 2.14 bits per heavy atom. The number of nitrogens with one attached hydrogen (secondary N) is 2. The number of halogens is 1. The maximum absolute atomic E-state index is 11.9. The summed E-state index contributed by atoms with van der Waals surface area (Å²) in [7, 11) is 3.20. The lowest BCUT2D eigenvalue weighted by molar-refractivity contribution is -0.116. The van der Waals surface area contributed by atoms with Crippen LogP contribution in [-0.2, 0) is 18.4 Å². The third-order valence-electron chi connectivity index (χ3n) is 2.71. The van der Waals surface area contributed by atoms with E-state index in [1.54, 1.807) is 30.3 Å². The van der Waals surface area contributed by atoms with Crippen LogP contribution in [-0.4, -0.2) is 38.4 Å². The van der Waals surface area contributed by atoms with E-state index in [1.165, 1.54) is 11.7 Å². The Labute approximate surface area is 129 Å². The van der Waals surface area contributed by atoms with Gasteiger partial charge in [0.2, 0.25) is 5.91 Å². The predicted octanol–water partition coefficient (Wildman–Crippen LogP) is 0.767. The predicted molar refractivity (Wildman–Crippen MR) is 79.8 cm³/mol. The first kappa shape index (κ1) is 15.2. The number of amides is 2. The highest BCUT2D eigenvalue weighted by molar-refractivity contribution is 9.10. The van der Waals surface area contributed by atoms with Gasteiger partial charge in [-0.1, -0.05) is 0 Å². The van der Waals surface area contributed by atoms with Crippen molar-refractivity contribution in [2.24, 2.45) is 7.05 Å². The van der Waals surface area contributed by atoms with E-state index in [1.807, 2.05) is 0 Å². The molecule has 0 saturated carbocycles. The van der Waals surface area contributed by atoms with E-state index in [4.69, 9.17) is 0 Å². The van der Waals surface area contributed by atoms with Gasteiger partial charge in [-0.2, -0.15) is 10.2 Å². The van der Waals surface area contributed by atoms with Gasteiger partial charge in [0.15, 0.2) is 5.69 Å². The van der Waals surface area contributed by atoms with E-state index < -0.39 is 0 Å². The number of anilines is 1.